The number of hydrogen-bond donors (Lipinski definition) is 18. The van der Waals surface area contributed by atoms with Gasteiger partial charge >= 0.3 is 6.09 Å². The fourth-order valence-electron chi connectivity index (χ4n) is 9.72. The smallest absolute Gasteiger partial charge is 0.408 e. The number of aliphatic hydroxyl groups excluding tert-OH is 3. The Balaban J connectivity index is 3.08. The van der Waals surface area contributed by atoms with Gasteiger partial charge in [0.05, 0.1) is 37.9 Å². The molecule has 94 heavy (non-hydrogen) atoms. The molecule has 1 aromatic rings. The van der Waals surface area contributed by atoms with E-state index in [1.165, 1.54) is 45.0 Å². The van der Waals surface area contributed by atoms with E-state index >= 15 is 14.4 Å². The van der Waals surface area contributed by atoms with Crippen molar-refractivity contribution in [2.24, 2.45) is 34.3 Å². The van der Waals surface area contributed by atoms with Gasteiger partial charge in [0.15, 0.2) is 5.96 Å². The molecule has 530 valence electrons. The van der Waals surface area contributed by atoms with Crippen LogP contribution < -0.4 is 74.9 Å². The Kier molecular flexibility index (Phi) is 32.8. The number of carbonyl (C=O) groups excluding carboxylic acids is 12. The van der Waals surface area contributed by atoms with Crippen molar-refractivity contribution < 1.29 is 77.6 Å². The monoisotopic (exact) mass is 1330 g/mol. The number of alkyl carbamates (subject to hydrolysis) is 1. The number of hydrogen-bond acceptors (Lipinski definition) is 17. The second kappa shape index (κ2) is 37.6. The highest BCUT2D eigenvalue weighted by molar-refractivity contribution is 5.99. The zero-order valence-electron chi connectivity index (χ0n) is 57.3. The summed E-state index contributed by atoms with van der Waals surface area (Å²) in [4.78, 5) is 172. The first kappa shape index (κ1) is 81.9. The maximum Gasteiger partial charge on any atom is 0.408 e. The molecule has 12 amide bonds. The third kappa shape index (κ3) is 29.4. The Morgan fingerprint density at radius 1 is 0.628 bits per heavy atom. The zero-order chi connectivity index (χ0) is 71.7. The van der Waals surface area contributed by atoms with Crippen molar-refractivity contribution in [1.82, 2.24) is 69.1 Å². The van der Waals surface area contributed by atoms with Crippen LogP contribution in [0.15, 0.2) is 30.3 Å². The van der Waals surface area contributed by atoms with Crippen LogP contribution in [0.4, 0.5) is 4.79 Å². The Labute approximate surface area is 551 Å². The van der Waals surface area contributed by atoms with Gasteiger partial charge in [-0.15, -0.1) is 0 Å². The van der Waals surface area contributed by atoms with Gasteiger partial charge in [-0.2, -0.15) is 0 Å². The molecule has 0 bridgehead atoms. The molecule has 0 aliphatic carbocycles. The summed E-state index contributed by atoms with van der Waals surface area (Å²) in [6, 6.07) is -9.08. The predicted octanol–water partition coefficient (Wildman–Crippen LogP) is -1.52. The van der Waals surface area contributed by atoms with E-state index < -0.39 is 198 Å². The molecule has 2 rings (SSSR count). The van der Waals surface area contributed by atoms with Gasteiger partial charge < -0.3 is 94.9 Å². The summed E-state index contributed by atoms with van der Waals surface area (Å²) in [7, 11) is 0. The molecule has 0 saturated carbocycles. The zero-order valence-corrected chi connectivity index (χ0v) is 57.3. The number of ether oxygens (including phenoxy) is 1. The highest BCUT2D eigenvalue weighted by Crippen LogP contribution is 2.26. The third-order valence-electron chi connectivity index (χ3n) is 14.8. The molecule has 1 aliphatic rings. The first-order valence-corrected chi connectivity index (χ1v) is 31.8. The number of carbonyl (C=O) groups is 12. The van der Waals surface area contributed by atoms with Crippen LogP contribution in [0.2, 0.25) is 0 Å². The lowest BCUT2D eigenvalue weighted by atomic mass is 9.86. The van der Waals surface area contributed by atoms with Crippen molar-refractivity contribution in [2.75, 3.05) is 26.2 Å². The van der Waals surface area contributed by atoms with Crippen molar-refractivity contribution in [3.63, 3.8) is 0 Å². The van der Waals surface area contributed by atoms with Crippen LogP contribution in [-0.2, 0) is 57.5 Å². The molecule has 1 aromatic carbocycles. The van der Waals surface area contributed by atoms with Gasteiger partial charge in [0, 0.05) is 6.54 Å². The summed E-state index contributed by atoms with van der Waals surface area (Å²) in [5.74, 6) is -13.6. The summed E-state index contributed by atoms with van der Waals surface area (Å²) in [6.45, 7) is 23.9. The first-order valence-electron chi connectivity index (χ1n) is 31.8. The lowest BCUT2D eigenvalue weighted by molar-refractivity contribution is -0.139. The van der Waals surface area contributed by atoms with Crippen LogP contribution in [-0.4, -0.2) is 191 Å². The topological polar surface area (TPSA) is 481 Å². The first-order chi connectivity index (χ1) is 43.5. The average molecular weight is 1330 g/mol. The van der Waals surface area contributed by atoms with E-state index in [1.807, 2.05) is 20.8 Å². The molecule has 1 aliphatic heterocycles. The van der Waals surface area contributed by atoms with E-state index in [4.69, 9.17) is 15.9 Å². The van der Waals surface area contributed by atoms with Gasteiger partial charge in [-0.25, -0.2) is 4.79 Å². The number of rotatable bonds is 20. The largest absolute Gasteiger partial charge is 0.444 e. The lowest BCUT2D eigenvalue weighted by Crippen LogP contribution is -2.65. The van der Waals surface area contributed by atoms with Gasteiger partial charge in [0.2, 0.25) is 65.0 Å². The van der Waals surface area contributed by atoms with Gasteiger partial charge in [-0.05, 0) is 93.9 Å². The number of guanidine groups is 1. The molecule has 0 radical (unpaired) electrons. The van der Waals surface area contributed by atoms with Crippen LogP contribution in [0.5, 0.6) is 0 Å². The molecule has 1 heterocycles. The number of benzene rings is 1. The molecule has 31 nitrogen and oxygen atoms in total. The predicted molar refractivity (Wildman–Crippen MR) is 348 cm³/mol. The Hall–Kier alpha value is -8.19. The van der Waals surface area contributed by atoms with Crippen molar-refractivity contribution in [1.29, 1.82) is 5.41 Å². The summed E-state index contributed by atoms with van der Waals surface area (Å²) in [5.41, 5.74) is 3.29. The average Bonchev–Trinajstić information content (AvgIpc) is 0.903. The van der Waals surface area contributed by atoms with E-state index in [9.17, 15) is 58.5 Å². The Bertz CT molecular complexity index is 2770. The summed E-state index contributed by atoms with van der Waals surface area (Å²) in [5, 5.41) is 73.9. The van der Waals surface area contributed by atoms with Gasteiger partial charge in [0.1, 0.15) is 60.0 Å². The second-order valence-corrected chi connectivity index (χ2v) is 28.0. The van der Waals surface area contributed by atoms with Gasteiger partial charge in [-0.1, -0.05) is 120 Å². The van der Waals surface area contributed by atoms with E-state index in [0.717, 1.165) is 0 Å². The Morgan fingerprint density at radius 2 is 1.15 bits per heavy atom. The highest BCUT2D eigenvalue weighted by Gasteiger charge is 2.43. The minimum absolute atomic E-state index is 0.0384. The molecule has 1 saturated heterocycles. The summed E-state index contributed by atoms with van der Waals surface area (Å²) >= 11 is 0. The van der Waals surface area contributed by atoms with Crippen LogP contribution in [0, 0.1) is 34.0 Å². The standard InChI is InChI=1S/C63H107N15O16/c1-17-34(6)44-56(90)75-45(35(7)80)55(89)68-29-42(81)67-30-43(82)69-41(31-79)54(88)76-46(36-22-19-18-20-23-36)47(77-53(87)39(27-61(8,9)10)72-52(86)40(28-62(11,12)13)73-60(93)94-63(14,15)16)57(91)78-48(49(83)33(4)5)58(92)71-38(26-32(2)3)51(85)70-37(50(84)74-44)24-21-25-66-59(64)65/h18-20,22-23,32-35,37-41,44-49,79-80,83H,17,21,24-31H2,1-16H3,(H,67,81)(H,68,89)(H,69,82)(H,70,85)(H,71,92)(H,72,86)(H,73,93)(H,74,84)(H,75,90)(H,76,88)(H,77,87)(H,78,91)(H4,64,65,66)/t34-,35-,37+,38?,39-,40+,41?,44-,45-,46+,47-,48-,49+/m0/s1. The molecular weight excluding hydrogens is 1220 g/mol. The van der Waals surface area contributed by atoms with Crippen molar-refractivity contribution in [2.45, 2.75) is 228 Å². The van der Waals surface area contributed by atoms with Crippen molar-refractivity contribution in [3.05, 3.63) is 35.9 Å². The van der Waals surface area contributed by atoms with Crippen molar-refractivity contribution >= 4 is 77.0 Å². The molecule has 0 aromatic heterocycles. The maximum atomic E-state index is 15.6. The van der Waals surface area contributed by atoms with Gasteiger partial charge in [-0.3, -0.25) is 58.1 Å². The molecule has 19 N–H and O–H groups in total. The fourth-order valence-corrected chi connectivity index (χ4v) is 9.72. The lowest BCUT2D eigenvalue weighted by Gasteiger charge is -2.35. The summed E-state index contributed by atoms with van der Waals surface area (Å²) in [6.07, 6.45) is -4.28. The Morgan fingerprint density at radius 3 is 1.67 bits per heavy atom. The molecule has 31 heteroatoms. The van der Waals surface area contributed by atoms with E-state index in [0.29, 0.717) is 0 Å². The molecule has 1 fully saturated rings. The molecule has 13 atom stereocenters. The molecule has 0 spiro atoms. The van der Waals surface area contributed by atoms with E-state index in [1.54, 1.807) is 75.3 Å². The van der Waals surface area contributed by atoms with Crippen molar-refractivity contribution in [3.8, 4) is 0 Å². The quantitative estimate of drug-likeness (QED) is 0.0400. The fraction of sp³-hybridized carbons (Fsp3) is 0.698. The SMILES string of the molecule is CC[C@H](C)[C@@H]1NC(=O)[C@@H](CCCNC(=N)N)NC(=O)C(CC(C)C)NC(=O)[C@H]([C@H](O)C(C)C)NC(=O)[C@@H](NC(=O)[C@H](CC(C)(C)C)NC(=O)[C@@H](CC(C)(C)C)NC(=O)OC(C)(C)C)[C@@H](c2ccccc2)NC(=O)C(CO)NC(=O)CNC(=O)CNC(=O)[C@H]([C@H](C)O)NC1=O. The number of amides is 12. The normalized spacial score (nSPS) is 23.4. The number of nitrogens with one attached hydrogen (secondary N) is 14. The van der Waals surface area contributed by atoms with Gasteiger partial charge in [0.25, 0.3) is 0 Å². The second-order valence-electron chi connectivity index (χ2n) is 28.0. The highest BCUT2D eigenvalue weighted by atomic mass is 16.6. The third-order valence-corrected chi connectivity index (χ3v) is 14.8. The maximum absolute atomic E-state index is 15.6. The van der Waals surface area contributed by atoms with Crippen LogP contribution in [0.1, 0.15) is 161 Å². The summed E-state index contributed by atoms with van der Waals surface area (Å²) < 4.78 is 5.48. The molecular formula is C63H107N15O16. The number of aliphatic hydroxyl groups is 3. The number of nitrogens with two attached hydrogens (primary N) is 1. The van der Waals surface area contributed by atoms with Crippen LogP contribution >= 0.6 is 0 Å². The van der Waals surface area contributed by atoms with Crippen LogP contribution in [0.3, 0.4) is 0 Å². The van der Waals surface area contributed by atoms with E-state index in [-0.39, 0.29) is 56.6 Å². The van der Waals surface area contributed by atoms with Crippen LogP contribution in [0.25, 0.3) is 0 Å². The molecule has 2 unspecified atom stereocenters. The minimum atomic E-state index is -2.06. The minimum Gasteiger partial charge on any atom is -0.444 e. The van der Waals surface area contributed by atoms with E-state index in [2.05, 4.69) is 69.1 Å².